The number of halogens is 3. The minimum atomic E-state index is -2.56. The molecule has 0 atom stereocenters. The van der Waals surface area contributed by atoms with Crippen molar-refractivity contribution in [3.8, 4) is 11.1 Å². The lowest BCUT2D eigenvalue weighted by molar-refractivity contribution is -0.115. The van der Waals surface area contributed by atoms with Gasteiger partial charge in [-0.15, -0.1) is 0 Å². The van der Waals surface area contributed by atoms with E-state index < -0.39 is 23.6 Å². The minimum absolute atomic E-state index is 0.0190. The molecule has 5 rings (SSSR count). The van der Waals surface area contributed by atoms with Crippen LogP contribution in [0.1, 0.15) is 24.2 Å². The lowest BCUT2D eigenvalue weighted by Crippen LogP contribution is -2.17. The number of carbonyl (C=O) groups is 1. The first-order valence-corrected chi connectivity index (χ1v) is 10.7. The van der Waals surface area contributed by atoms with E-state index in [4.69, 9.17) is 4.52 Å². The predicted molar refractivity (Wildman–Crippen MR) is 120 cm³/mol. The number of imidazole rings is 1. The first-order chi connectivity index (χ1) is 16.8. The van der Waals surface area contributed by atoms with E-state index in [0.29, 0.717) is 35.7 Å². The summed E-state index contributed by atoms with van der Waals surface area (Å²) in [6, 6.07) is 5.74. The maximum atomic E-state index is 14.7. The van der Waals surface area contributed by atoms with Gasteiger partial charge in [-0.1, -0.05) is 17.3 Å². The van der Waals surface area contributed by atoms with E-state index in [9.17, 15) is 18.0 Å². The smallest absolute Gasteiger partial charge is 0.251 e. The van der Waals surface area contributed by atoms with Crippen molar-refractivity contribution in [1.82, 2.24) is 24.7 Å². The summed E-state index contributed by atoms with van der Waals surface area (Å²) in [6.07, 6.45) is 4.29. The largest absolute Gasteiger partial charge is 0.358 e. The highest BCUT2D eigenvalue weighted by molar-refractivity contribution is 5.91. The average Bonchev–Trinajstić information content (AvgIpc) is 3.36. The summed E-state index contributed by atoms with van der Waals surface area (Å²) in [4.78, 5) is 24.9. The molecule has 1 aliphatic carbocycles. The zero-order valence-electron chi connectivity index (χ0n) is 18.5. The average molecular weight is 483 g/mol. The molecule has 0 saturated heterocycles. The van der Waals surface area contributed by atoms with Crippen LogP contribution in [0.25, 0.3) is 11.1 Å². The molecular formula is C23H20F3N7O2. The van der Waals surface area contributed by atoms with Crippen molar-refractivity contribution in [2.45, 2.75) is 31.1 Å². The van der Waals surface area contributed by atoms with Crippen LogP contribution < -0.4 is 10.6 Å². The third-order valence-electron chi connectivity index (χ3n) is 5.81. The van der Waals surface area contributed by atoms with E-state index >= 15 is 0 Å². The van der Waals surface area contributed by atoms with Crippen LogP contribution in [0.4, 0.5) is 30.8 Å². The highest BCUT2D eigenvalue weighted by atomic mass is 19.3. The monoisotopic (exact) mass is 483 g/mol. The molecule has 1 aromatic carbocycles. The molecule has 180 valence electrons. The van der Waals surface area contributed by atoms with Gasteiger partial charge in [-0.05, 0) is 30.0 Å². The Morgan fingerprint density at radius 2 is 1.91 bits per heavy atom. The van der Waals surface area contributed by atoms with Crippen LogP contribution in [0.15, 0.2) is 53.7 Å². The fourth-order valence-electron chi connectivity index (χ4n) is 3.64. The van der Waals surface area contributed by atoms with Crippen molar-refractivity contribution in [2.24, 2.45) is 7.05 Å². The Morgan fingerprint density at radius 3 is 2.54 bits per heavy atom. The van der Waals surface area contributed by atoms with Crippen molar-refractivity contribution < 1.29 is 22.5 Å². The number of aromatic nitrogens is 5. The molecule has 1 saturated carbocycles. The zero-order chi connectivity index (χ0) is 24.6. The van der Waals surface area contributed by atoms with Crippen LogP contribution in [0, 0.1) is 5.82 Å². The number of carbonyl (C=O) groups excluding carboxylic acids is 1. The maximum absolute atomic E-state index is 14.7. The van der Waals surface area contributed by atoms with E-state index in [1.165, 1.54) is 18.2 Å². The second kappa shape index (κ2) is 8.85. The third-order valence-corrected chi connectivity index (χ3v) is 5.81. The first-order valence-electron chi connectivity index (χ1n) is 10.7. The van der Waals surface area contributed by atoms with Crippen LogP contribution in [-0.2, 0) is 23.7 Å². The Kier molecular flexibility index (Phi) is 5.71. The molecule has 12 heteroatoms. The van der Waals surface area contributed by atoms with Gasteiger partial charge in [0.1, 0.15) is 5.82 Å². The summed E-state index contributed by atoms with van der Waals surface area (Å²) in [6.45, 7) is 0. The van der Waals surface area contributed by atoms with Gasteiger partial charge in [0.05, 0.1) is 18.2 Å². The number of hydrogen-bond donors (Lipinski definition) is 2. The Balaban J connectivity index is 1.21. The van der Waals surface area contributed by atoms with E-state index in [0.717, 1.165) is 0 Å². The Hall–Kier alpha value is -4.22. The van der Waals surface area contributed by atoms with Crippen molar-refractivity contribution >= 4 is 23.5 Å². The summed E-state index contributed by atoms with van der Waals surface area (Å²) >= 11 is 0. The van der Waals surface area contributed by atoms with Gasteiger partial charge in [0, 0.05) is 37.3 Å². The summed E-state index contributed by atoms with van der Waals surface area (Å²) < 4.78 is 47.9. The number of alkyl halides is 2. The number of aryl methyl sites for hydroxylation is 1. The summed E-state index contributed by atoms with van der Waals surface area (Å²) in [5, 5.41) is 9.06. The van der Waals surface area contributed by atoms with Gasteiger partial charge in [-0.3, -0.25) is 4.79 Å². The molecule has 3 heterocycles. The molecule has 0 aliphatic heterocycles. The second-order valence-corrected chi connectivity index (χ2v) is 8.41. The number of benzene rings is 1. The van der Waals surface area contributed by atoms with Gasteiger partial charge in [-0.25, -0.2) is 28.1 Å². The first kappa shape index (κ1) is 22.6. The van der Waals surface area contributed by atoms with Crippen LogP contribution >= 0.6 is 0 Å². The van der Waals surface area contributed by atoms with E-state index in [2.05, 4.69) is 30.7 Å². The van der Waals surface area contributed by atoms with Gasteiger partial charge in [-0.2, -0.15) is 0 Å². The molecule has 1 fully saturated rings. The van der Waals surface area contributed by atoms with E-state index in [1.54, 1.807) is 35.6 Å². The minimum Gasteiger partial charge on any atom is -0.358 e. The van der Waals surface area contributed by atoms with Gasteiger partial charge < -0.3 is 19.7 Å². The van der Waals surface area contributed by atoms with Crippen molar-refractivity contribution in [3.63, 3.8) is 0 Å². The number of amides is 1. The fraction of sp³-hybridized carbons (Fsp3) is 0.261. The summed E-state index contributed by atoms with van der Waals surface area (Å²) in [5.74, 6) is -0.127. The molecule has 3 aromatic heterocycles. The van der Waals surface area contributed by atoms with Crippen LogP contribution in [0.5, 0.6) is 0 Å². The fourth-order valence-corrected chi connectivity index (χ4v) is 3.64. The Morgan fingerprint density at radius 1 is 1.14 bits per heavy atom. The zero-order valence-corrected chi connectivity index (χ0v) is 18.5. The lowest BCUT2D eigenvalue weighted by Gasteiger charge is -2.08. The summed E-state index contributed by atoms with van der Waals surface area (Å²) in [5.41, 5.74) is -0.0157. The van der Waals surface area contributed by atoms with Crippen LogP contribution in [0.3, 0.4) is 0 Å². The molecule has 0 radical (unpaired) electrons. The highest BCUT2D eigenvalue weighted by Crippen LogP contribution is 2.53. The Labute approximate surface area is 197 Å². The number of hydrogen-bond acceptors (Lipinski definition) is 7. The van der Waals surface area contributed by atoms with Crippen LogP contribution in [0.2, 0.25) is 0 Å². The third kappa shape index (κ3) is 4.72. The topological polar surface area (TPSA) is 111 Å². The SMILES string of the molecule is Cn1cnc(Nc2ncc(-c3ccc(CC(=O)Nc4cc(C5(C(F)F)CC5)on4)c(F)c3)cn2)c1. The number of rotatable bonds is 8. The van der Waals surface area contributed by atoms with E-state index in [-0.39, 0.29) is 23.6 Å². The molecule has 0 spiro atoms. The molecule has 4 aromatic rings. The van der Waals surface area contributed by atoms with Crippen molar-refractivity contribution in [1.29, 1.82) is 0 Å². The molecule has 9 nitrogen and oxygen atoms in total. The second-order valence-electron chi connectivity index (χ2n) is 8.41. The standard InChI is InChI=1S/C23H20F3N7O2/c1-33-11-19(29-12-33)31-22-27-9-15(10-28-22)13-2-3-14(16(24)6-13)7-20(34)30-18-8-17(35-32-18)23(4-5-23)21(25)26/h2-3,6,8-12,21H,4-5,7H2,1H3,(H,27,28,31)(H,30,32,34). The molecule has 0 unspecified atom stereocenters. The molecule has 35 heavy (non-hydrogen) atoms. The number of anilines is 3. The van der Waals surface area contributed by atoms with Gasteiger partial charge in [0.25, 0.3) is 6.43 Å². The predicted octanol–water partition coefficient (Wildman–Crippen LogP) is 4.23. The normalized spacial score (nSPS) is 14.2. The van der Waals surface area contributed by atoms with Gasteiger partial charge in [0.15, 0.2) is 17.4 Å². The summed E-state index contributed by atoms with van der Waals surface area (Å²) in [7, 11) is 1.84. The molecule has 0 bridgehead atoms. The Bertz CT molecular complexity index is 1360. The molecule has 1 amide bonds. The molecule has 1 aliphatic rings. The van der Waals surface area contributed by atoms with Crippen molar-refractivity contribution in [3.05, 3.63) is 66.3 Å². The maximum Gasteiger partial charge on any atom is 0.251 e. The highest BCUT2D eigenvalue weighted by Gasteiger charge is 2.55. The molecular weight excluding hydrogens is 463 g/mol. The van der Waals surface area contributed by atoms with Gasteiger partial charge >= 0.3 is 0 Å². The number of nitrogens with one attached hydrogen (secondary N) is 2. The number of nitrogens with zero attached hydrogens (tertiary/aromatic N) is 5. The van der Waals surface area contributed by atoms with Crippen molar-refractivity contribution in [2.75, 3.05) is 10.6 Å². The molecule has 2 N–H and O–H groups in total. The van der Waals surface area contributed by atoms with Gasteiger partial charge in [0.2, 0.25) is 11.9 Å². The lowest BCUT2D eigenvalue weighted by atomic mass is 10.0. The van der Waals surface area contributed by atoms with E-state index in [1.807, 2.05) is 7.05 Å². The van der Waals surface area contributed by atoms with Crippen LogP contribution in [-0.4, -0.2) is 37.0 Å². The quantitative estimate of drug-likeness (QED) is 0.386.